The molecule has 31 heavy (non-hydrogen) atoms. The number of hydrogen-bond acceptors (Lipinski definition) is 4. The Morgan fingerprint density at radius 2 is 1.87 bits per heavy atom. The molecule has 0 unspecified atom stereocenters. The minimum absolute atomic E-state index is 0.0208. The van der Waals surface area contributed by atoms with Gasteiger partial charge in [-0.3, -0.25) is 9.36 Å². The lowest BCUT2D eigenvalue weighted by atomic mass is 10.1. The van der Waals surface area contributed by atoms with Gasteiger partial charge in [0.2, 0.25) is 0 Å². The maximum absolute atomic E-state index is 13.7. The van der Waals surface area contributed by atoms with E-state index in [1.807, 2.05) is 6.07 Å². The Morgan fingerprint density at radius 3 is 2.55 bits per heavy atom. The zero-order valence-corrected chi connectivity index (χ0v) is 17.8. The van der Waals surface area contributed by atoms with E-state index in [4.69, 9.17) is 16.3 Å². The minimum atomic E-state index is -3.08. The van der Waals surface area contributed by atoms with Crippen LogP contribution < -0.4 is 10.3 Å². The lowest BCUT2D eigenvalue weighted by molar-refractivity contribution is 0.00222. The molecular weight excluding hydrogens is 426 g/mol. The molecule has 9 heteroatoms. The van der Waals surface area contributed by atoms with Crippen LogP contribution >= 0.6 is 11.6 Å². The highest BCUT2D eigenvalue weighted by atomic mass is 35.5. The molecule has 2 heterocycles. The second kappa shape index (κ2) is 7.77. The molecule has 0 saturated heterocycles. The van der Waals surface area contributed by atoms with Crippen LogP contribution in [0.15, 0.2) is 53.3 Å². The van der Waals surface area contributed by atoms with Crippen molar-refractivity contribution in [3.8, 4) is 22.7 Å². The van der Waals surface area contributed by atoms with Gasteiger partial charge in [0.25, 0.3) is 11.5 Å². The Balaban J connectivity index is 2.09. The predicted molar refractivity (Wildman–Crippen MR) is 115 cm³/mol. The van der Waals surface area contributed by atoms with Gasteiger partial charge in [0.1, 0.15) is 22.8 Å². The molecule has 0 radical (unpaired) electrons. The van der Waals surface area contributed by atoms with Gasteiger partial charge in [-0.15, -0.1) is 0 Å². The molecule has 6 nitrogen and oxygen atoms in total. The van der Waals surface area contributed by atoms with Crippen molar-refractivity contribution in [1.29, 1.82) is 0 Å². The topological polar surface area (TPSA) is 61.9 Å². The number of ether oxygens (including phenoxy) is 1. The smallest absolute Gasteiger partial charge is 0.282 e. The van der Waals surface area contributed by atoms with Crippen molar-refractivity contribution in [2.45, 2.75) is 26.3 Å². The lowest BCUT2D eigenvalue weighted by Gasteiger charge is -2.14. The second-order valence-electron chi connectivity index (χ2n) is 7.26. The van der Waals surface area contributed by atoms with Crippen LogP contribution in [0, 0.1) is 6.92 Å². The number of alkyl halides is 2. The van der Waals surface area contributed by atoms with Crippen LogP contribution in [0.5, 0.6) is 5.75 Å². The van der Waals surface area contributed by atoms with Crippen LogP contribution in [0.25, 0.3) is 28.0 Å². The maximum Gasteiger partial charge on any atom is 0.282 e. The Morgan fingerprint density at radius 1 is 1.13 bits per heavy atom. The van der Waals surface area contributed by atoms with Crippen molar-refractivity contribution < 1.29 is 13.5 Å². The lowest BCUT2D eigenvalue weighted by Crippen LogP contribution is -2.31. The van der Waals surface area contributed by atoms with E-state index in [9.17, 15) is 13.6 Å². The summed E-state index contributed by atoms with van der Waals surface area (Å²) in [5, 5.41) is 4.87. The summed E-state index contributed by atoms with van der Waals surface area (Å²) in [6, 6.07) is 14.2. The standard InChI is InChI=1S/C22H19ClF2N4O2/c1-13-26-18-19(21(30)28(13)12-22(2,24)25)27-29(17-10-5-4-9-16(17)23)20(18)14-7-6-8-15(11-14)31-3/h4-11H,12H2,1-3H3. The first-order chi connectivity index (χ1) is 14.7. The molecule has 2 aromatic heterocycles. The van der Waals surface area contributed by atoms with Crippen molar-refractivity contribution in [1.82, 2.24) is 19.3 Å². The summed E-state index contributed by atoms with van der Waals surface area (Å²) >= 11 is 6.41. The molecule has 0 amide bonds. The van der Waals surface area contributed by atoms with Gasteiger partial charge in [-0.2, -0.15) is 5.10 Å². The molecule has 4 rings (SSSR count). The van der Waals surface area contributed by atoms with Gasteiger partial charge >= 0.3 is 0 Å². The van der Waals surface area contributed by atoms with E-state index in [-0.39, 0.29) is 11.3 Å². The number of aromatic nitrogens is 4. The van der Waals surface area contributed by atoms with E-state index >= 15 is 0 Å². The van der Waals surface area contributed by atoms with E-state index in [2.05, 4.69) is 10.1 Å². The van der Waals surface area contributed by atoms with Crippen LogP contribution in [0.4, 0.5) is 8.78 Å². The van der Waals surface area contributed by atoms with Gasteiger partial charge in [0.15, 0.2) is 5.52 Å². The number of halogens is 3. The fourth-order valence-electron chi connectivity index (χ4n) is 3.45. The number of rotatable bonds is 5. The zero-order valence-electron chi connectivity index (χ0n) is 17.1. The van der Waals surface area contributed by atoms with E-state index in [0.29, 0.717) is 33.2 Å². The largest absolute Gasteiger partial charge is 0.497 e. The quantitative estimate of drug-likeness (QED) is 0.440. The molecule has 160 valence electrons. The Hall–Kier alpha value is -3.26. The molecule has 2 aromatic carbocycles. The van der Waals surface area contributed by atoms with Crippen molar-refractivity contribution in [2.24, 2.45) is 0 Å². The number of aryl methyl sites for hydroxylation is 1. The zero-order chi connectivity index (χ0) is 22.3. The highest BCUT2D eigenvalue weighted by molar-refractivity contribution is 6.32. The molecule has 0 N–H and O–H groups in total. The SMILES string of the molecule is COc1cccc(-c2c3nc(C)n(CC(C)(F)F)c(=O)c3nn2-c2ccccc2Cl)c1. The highest BCUT2D eigenvalue weighted by Crippen LogP contribution is 2.33. The number of benzene rings is 2. The van der Waals surface area contributed by atoms with Crippen molar-refractivity contribution in [2.75, 3.05) is 7.11 Å². The summed E-state index contributed by atoms with van der Waals surface area (Å²) in [5.74, 6) is -2.31. The molecule has 0 fully saturated rings. The molecule has 4 aromatic rings. The van der Waals surface area contributed by atoms with Crippen LogP contribution in [-0.2, 0) is 6.54 Å². The number of para-hydroxylation sites is 1. The number of methoxy groups -OCH3 is 1. The molecule has 0 aliphatic rings. The van der Waals surface area contributed by atoms with Gasteiger partial charge in [-0.05, 0) is 31.2 Å². The summed E-state index contributed by atoms with van der Waals surface area (Å²) in [6.07, 6.45) is 0. The van der Waals surface area contributed by atoms with Gasteiger partial charge in [0, 0.05) is 12.5 Å². The third kappa shape index (κ3) is 3.90. The molecule has 0 spiro atoms. The average molecular weight is 445 g/mol. The highest BCUT2D eigenvalue weighted by Gasteiger charge is 2.27. The first-order valence-corrected chi connectivity index (χ1v) is 9.85. The molecule has 0 saturated carbocycles. The molecule has 0 aliphatic carbocycles. The summed E-state index contributed by atoms with van der Waals surface area (Å²) in [4.78, 5) is 17.6. The molecule has 0 bridgehead atoms. The minimum Gasteiger partial charge on any atom is -0.497 e. The summed E-state index contributed by atoms with van der Waals surface area (Å²) in [5.41, 5.74) is 1.37. The molecule has 0 aliphatic heterocycles. The average Bonchev–Trinajstić information content (AvgIpc) is 3.10. The number of hydrogen-bond donors (Lipinski definition) is 0. The van der Waals surface area contributed by atoms with Gasteiger partial charge in [-0.25, -0.2) is 18.4 Å². The van der Waals surface area contributed by atoms with Crippen molar-refractivity contribution in [3.63, 3.8) is 0 Å². The van der Waals surface area contributed by atoms with Crippen LogP contribution in [0.3, 0.4) is 0 Å². The predicted octanol–water partition coefficient (Wildman–Crippen LogP) is 4.87. The van der Waals surface area contributed by atoms with Crippen molar-refractivity contribution in [3.05, 3.63) is 69.7 Å². The maximum atomic E-state index is 13.7. The van der Waals surface area contributed by atoms with E-state index in [0.717, 1.165) is 11.5 Å². The summed E-state index contributed by atoms with van der Waals surface area (Å²) in [7, 11) is 1.55. The summed E-state index contributed by atoms with van der Waals surface area (Å²) in [6.45, 7) is 1.50. The fraction of sp³-hybridized carbons (Fsp3) is 0.227. The first kappa shape index (κ1) is 21.0. The summed E-state index contributed by atoms with van der Waals surface area (Å²) < 4.78 is 35.1. The molecular formula is C22H19ClF2N4O2. The van der Waals surface area contributed by atoms with E-state index in [1.165, 1.54) is 11.6 Å². The Kier molecular flexibility index (Phi) is 5.26. The van der Waals surface area contributed by atoms with Gasteiger partial charge in [0.05, 0.1) is 24.4 Å². The van der Waals surface area contributed by atoms with Crippen LogP contribution in [-0.4, -0.2) is 32.4 Å². The normalized spacial score (nSPS) is 11.8. The fourth-order valence-corrected chi connectivity index (χ4v) is 3.66. The van der Waals surface area contributed by atoms with Crippen molar-refractivity contribution >= 4 is 22.6 Å². The monoisotopic (exact) mass is 444 g/mol. The molecule has 0 atom stereocenters. The Labute approximate surface area is 181 Å². The van der Waals surface area contributed by atoms with E-state index < -0.39 is 18.0 Å². The van der Waals surface area contributed by atoms with Crippen LogP contribution in [0.2, 0.25) is 5.02 Å². The van der Waals surface area contributed by atoms with Gasteiger partial charge in [-0.1, -0.05) is 35.9 Å². The Bertz CT molecular complexity index is 1340. The third-order valence-electron chi connectivity index (χ3n) is 4.83. The van der Waals surface area contributed by atoms with E-state index in [1.54, 1.807) is 49.6 Å². The van der Waals surface area contributed by atoms with Crippen LogP contribution in [0.1, 0.15) is 12.7 Å². The number of nitrogens with zero attached hydrogens (tertiary/aromatic N) is 4. The number of fused-ring (bicyclic) bond motifs is 1. The first-order valence-electron chi connectivity index (χ1n) is 9.47. The second-order valence-corrected chi connectivity index (χ2v) is 7.67. The van der Waals surface area contributed by atoms with Gasteiger partial charge < -0.3 is 4.74 Å². The third-order valence-corrected chi connectivity index (χ3v) is 5.15.